The van der Waals surface area contributed by atoms with E-state index in [4.69, 9.17) is 12.2 Å². The van der Waals surface area contributed by atoms with E-state index in [-0.39, 0.29) is 17.4 Å². The second kappa shape index (κ2) is 5.41. The maximum atomic E-state index is 13.3. The van der Waals surface area contributed by atoms with Crippen LogP contribution in [0.1, 0.15) is 78.1 Å². The molecule has 0 aliphatic heterocycles. The number of nitrogens with zero attached hydrogens (tertiary/aromatic N) is 2. The first kappa shape index (κ1) is 17.3. The van der Waals surface area contributed by atoms with E-state index in [9.17, 15) is 4.79 Å². The number of amides is 1. The van der Waals surface area contributed by atoms with Crippen LogP contribution in [-0.4, -0.2) is 20.7 Å². The van der Waals surface area contributed by atoms with Crippen molar-refractivity contribution in [3.63, 3.8) is 0 Å². The monoisotopic (exact) mass is 362 g/mol. The predicted octanol–water partition coefficient (Wildman–Crippen LogP) is 4.13. The van der Waals surface area contributed by atoms with Crippen LogP contribution in [0, 0.1) is 26.9 Å². The summed E-state index contributed by atoms with van der Waals surface area (Å²) in [5, 5.41) is 10.4. The molecule has 0 radical (unpaired) electrons. The molecule has 5 rings (SSSR count). The Bertz CT molecular complexity index is 746. The van der Waals surface area contributed by atoms with Crippen molar-refractivity contribution in [1.29, 1.82) is 0 Å². The second-order valence-corrected chi connectivity index (χ2v) is 10.4. The number of hydrogen-bond acceptors (Lipinski definition) is 3. The number of hydrogen-bond donors (Lipinski definition) is 2. The van der Waals surface area contributed by atoms with Crippen LogP contribution in [-0.2, 0) is 11.3 Å². The SMILES string of the molecule is CC(C)n1c(CNC(=O)C23CC4C[C@@](C)(C2)C[C@](C)(C4)C3)n[nH]c1=S. The fourth-order valence-electron chi connectivity index (χ4n) is 7.04. The summed E-state index contributed by atoms with van der Waals surface area (Å²) in [5.41, 5.74) is 0.533. The first-order valence-corrected chi connectivity index (χ1v) is 9.99. The number of rotatable bonds is 4. The van der Waals surface area contributed by atoms with Gasteiger partial charge in [0.25, 0.3) is 0 Å². The highest BCUT2D eigenvalue weighted by molar-refractivity contribution is 7.71. The van der Waals surface area contributed by atoms with E-state index in [2.05, 4.69) is 43.2 Å². The lowest BCUT2D eigenvalue weighted by Gasteiger charge is -2.64. The van der Waals surface area contributed by atoms with E-state index >= 15 is 0 Å². The van der Waals surface area contributed by atoms with Crippen molar-refractivity contribution < 1.29 is 4.79 Å². The first-order valence-electron chi connectivity index (χ1n) is 9.58. The summed E-state index contributed by atoms with van der Waals surface area (Å²) in [6.07, 6.45) is 7.08. The standard InChI is InChI=1S/C19H30N4OS/c1-12(2)23-14(21-22-16(23)25)8-20-15(24)19-7-13-5-17(3,10-19)9-18(4,6-13)11-19/h12-13H,5-11H2,1-4H3,(H,20,24)(H,22,25)/t13?,17-,18+,19?. The summed E-state index contributed by atoms with van der Waals surface area (Å²) < 4.78 is 2.60. The molecule has 4 atom stereocenters. The number of H-pyrrole nitrogens is 1. The number of carbonyl (C=O) groups is 1. The average molecular weight is 363 g/mol. The zero-order valence-electron chi connectivity index (χ0n) is 15.8. The van der Waals surface area contributed by atoms with Crippen molar-refractivity contribution in [1.82, 2.24) is 20.1 Å². The van der Waals surface area contributed by atoms with Gasteiger partial charge in [0.1, 0.15) is 0 Å². The first-order chi connectivity index (χ1) is 11.6. The molecule has 1 aromatic heterocycles. The Morgan fingerprint density at radius 2 is 1.92 bits per heavy atom. The normalized spacial score (nSPS) is 39.2. The van der Waals surface area contributed by atoms with Crippen LogP contribution in [0.4, 0.5) is 0 Å². The molecular formula is C19H30N4OS. The Balaban J connectivity index is 1.53. The van der Waals surface area contributed by atoms with Crippen molar-refractivity contribution in [2.24, 2.45) is 22.2 Å². The molecule has 6 heteroatoms. The molecule has 25 heavy (non-hydrogen) atoms. The molecule has 0 spiro atoms. The van der Waals surface area contributed by atoms with E-state index in [0.29, 0.717) is 22.1 Å². The zero-order chi connectivity index (χ0) is 18.0. The second-order valence-electron chi connectivity index (χ2n) is 10.0. The van der Waals surface area contributed by atoms with Crippen molar-refractivity contribution in [3.05, 3.63) is 10.6 Å². The van der Waals surface area contributed by atoms with Gasteiger partial charge in [-0.1, -0.05) is 13.8 Å². The molecule has 1 aromatic rings. The molecule has 138 valence electrons. The highest BCUT2D eigenvalue weighted by Gasteiger charge is 2.62. The molecule has 4 saturated carbocycles. The Morgan fingerprint density at radius 3 is 2.48 bits per heavy atom. The number of aromatic nitrogens is 3. The Morgan fingerprint density at radius 1 is 1.28 bits per heavy atom. The van der Waals surface area contributed by atoms with Crippen molar-refractivity contribution in [3.8, 4) is 0 Å². The molecular weight excluding hydrogens is 332 g/mol. The molecule has 0 aromatic carbocycles. The topological polar surface area (TPSA) is 62.7 Å². The molecule has 4 aliphatic carbocycles. The van der Waals surface area contributed by atoms with Gasteiger partial charge in [0, 0.05) is 6.04 Å². The fraction of sp³-hybridized carbons (Fsp3) is 0.842. The van der Waals surface area contributed by atoms with Gasteiger partial charge in [-0.3, -0.25) is 9.89 Å². The Hall–Kier alpha value is -1.17. The minimum atomic E-state index is -0.168. The van der Waals surface area contributed by atoms with Gasteiger partial charge in [-0.15, -0.1) is 0 Å². The number of carbonyl (C=O) groups excluding carboxylic acids is 1. The van der Waals surface area contributed by atoms with Crippen LogP contribution in [0.3, 0.4) is 0 Å². The molecule has 1 heterocycles. The van der Waals surface area contributed by atoms with Gasteiger partial charge in [-0.25, -0.2) is 0 Å². The highest BCUT2D eigenvalue weighted by atomic mass is 32.1. The summed E-state index contributed by atoms with van der Waals surface area (Å²) >= 11 is 5.31. The van der Waals surface area contributed by atoms with Crippen molar-refractivity contribution in [2.75, 3.05) is 0 Å². The van der Waals surface area contributed by atoms with E-state index in [1.54, 1.807) is 0 Å². The summed E-state index contributed by atoms with van der Waals surface area (Å²) in [6, 6.07) is 0.232. The quantitative estimate of drug-likeness (QED) is 0.792. The molecule has 2 N–H and O–H groups in total. The number of aromatic amines is 1. The van der Waals surface area contributed by atoms with Crippen LogP contribution in [0.2, 0.25) is 0 Å². The summed E-state index contributed by atoms with van der Waals surface area (Å²) in [5.74, 6) is 1.77. The average Bonchev–Trinajstić information content (AvgIpc) is 2.81. The largest absolute Gasteiger partial charge is 0.348 e. The molecule has 4 aliphatic rings. The molecule has 4 fully saturated rings. The third-order valence-corrected chi connectivity index (χ3v) is 7.10. The third kappa shape index (κ3) is 2.77. The van der Waals surface area contributed by atoms with Gasteiger partial charge in [0.15, 0.2) is 10.6 Å². The van der Waals surface area contributed by atoms with Crippen LogP contribution >= 0.6 is 12.2 Å². The Labute approximate surface area is 155 Å². The van der Waals surface area contributed by atoms with Gasteiger partial charge >= 0.3 is 0 Å². The number of nitrogens with one attached hydrogen (secondary N) is 2. The highest BCUT2D eigenvalue weighted by Crippen LogP contribution is 2.69. The van der Waals surface area contributed by atoms with E-state index in [1.807, 2.05) is 4.57 Å². The van der Waals surface area contributed by atoms with Gasteiger partial charge in [-0.05, 0) is 81.3 Å². The fourth-order valence-corrected chi connectivity index (χ4v) is 7.40. The third-order valence-electron chi connectivity index (χ3n) is 6.81. The van der Waals surface area contributed by atoms with Gasteiger partial charge < -0.3 is 9.88 Å². The maximum Gasteiger partial charge on any atom is 0.226 e. The van der Waals surface area contributed by atoms with E-state index < -0.39 is 0 Å². The summed E-state index contributed by atoms with van der Waals surface area (Å²) in [7, 11) is 0. The van der Waals surface area contributed by atoms with Crippen LogP contribution in [0.25, 0.3) is 0 Å². The molecule has 1 amide bonds. The zero-order valence-corrected chi connectivity index (χ0v) is 16.6. The summed E-state index contributed by atoms with van der Waals surface area (Å²) in [6.45, 7) is 9.42. The Kier molecular flexibility index (Phi) is 3.74. The van der Waals surface area contributed by atoms with E-state index in [0.717, 1.165) is 31.0 Å². The van der Waals surface area contributed by atoms with Crippen molar-refractivity contribution in [2.45, 2.75) is 78.8 Å². The lowest BCUT2D eigenvalue weighted by molar-refractivity contribution is -0.170. The minimum absolute atomic E-state index is 0.168. The van der Waals surface area contributed by atoms with Crippen molar-refractivity contribution >= 4 is 18.1 Å². The van der Waals surface area contributed by atoms with E-state index in [1.165, 1.54) is 19.3 Å². The lowest BCUT2D eigenvalue weighted by Crippen LogP contribution is -2.59. The van der Waals surface area contributed by atoms with Crippen LogP contribution < -0.4 is 5.32 Å². The molecule has 2 unspecified atom stereocenters. The molecule has 5 nitrogen and oxygen atoms in total. The maximum absolute atomic E-state index is 13.3. The molecule has 4 bridgehead atoms. The summed E-state index contributed by atoms with van der Waals surface area (Å²) in [4.78, 5) is 13.3. The van der Waals surface area contributed by atoms with Crippen LogP contribution in [0.5, 0.6) is 0 Å². The minimum Gasteiger partial charge on any atom is -0.348 e. The van der Waals surface area contributed by atoms with Gasteiger partial charge in [-0.2, -0.15) is 5.10 Å². The lowest BCUT2D eigenvalue weighted by atomic mass is 9.40. The van der Waals surface area contributed by atoms with Gasteiger partial charge in [0.05, 0.1) is 12.0 Å². The van der Waals surface area contributed by atoms with Gasteiger partial charge in [0.2, 0.25) is 5.91 Å². The van der Waals surface area contributed by atoms with Crippen LogP contribution in [0.15, 0.2) is 0 Å². The molecule has 0 saturated heterocycles. The predicted molar refractivity (Wildman–Crippen MR) is 99.5 cm³/mol. The smallest absolute Gasteiger partial charge is 0.226 e.